The molecule has 1 fully saturated rings. The predicted octanol–water partition coefficient (Wildman–Crippen LogP) is 0.524. The molecule has 104 valence electrons. The van der Waals surface area contributed by atoms with Crippen molar-refractivity contribution < 1.29 is 13.2 Å². The summed E-state index contributed by atoms with van der Waals surface area (Å²) in [5.41, 5.74) is 0.516. The number of carbonyl (C=O) groups is 1. The summed E-state index contributed by atoms with van der Waals surface area (Å²) < 4.78 is 22.7. The van der Waals surface area contributed by atoms with Crippen LogP contribution < -0.4 is 5.32 Å². The highest BCUT2D eigenvalue weighted by Gasteiger charge is 2.24. The molecule has 1 heterocycles. The average Bonchev–Trinajstić information content (AvgIpc) is 2.90. The Bertz CT molecular complexity index is 560. The van der Waals surface area contributed by atoms with Crippen molar-refractivity contribution >= 4 is 15.7 Å². The van der Waals surface area contributed by atoms with Gasteiger partial charge in [-0.15, -0.1) is 0 Å². The van der Waals surface area contributed by atoms with Crippen LogP contribution in [-0.4, -0.2) is 51.7 Å². The van der Waals surface area contributed by atoms with Crippen LogP contribution in [0.15, 0.2) is 29.2 Å². The topological polar surface area (TPSA) is 66.5 Å². The summed E-state index contributed by atoms with van der Waals surface area (Å²) in [4.78, 5) is 14.2. The number of hydrogen-bond acceptors (Lipinski definition) is 4. The van der Waals surface area contributed by atoms with E-state index in [1.165, 1.54) is 12.1 Å². The summed E-state index contributed by atoms with van der Waals surface area (Å²) in [5.74, 6) is -0.0752. The van der Waals surface area contributed by atoms with Gasteiger partial charge >= 0.3 is 0 Å². The molecule has 0 saturated carbocycles. The van der Waals surface area contributed by atoms with Crippen molar-refractivity contribution in [1.82, 2.24) is 10.2 Å². The van der Waals surface area contributed by atoms with Crippen molar-refractivity contribution in [2.24, 2.45) is 0 Å². The fourth-order valence-corrected chi connectivity index (χ4v) is 2.81. The lowest BCUT2D eigenvalue weighted by molar-refractivity contribution is 0.0743. The molecule has 0 bridgehead atoms. The zero-order chi connectivity index (χ0) is 14.0. The number of benzene rings is 1. The summed E-state index contributed by atoms with van der Waals surface area (Å²) >= 11 is 0. The second kappa shape index (κ2) is 5.30. The molecule has 19 heavy (non-hydrogen) atoms. The summed E-state index contributed by atoms with van der Waals surface area (Å²) in [7, 11) is -1.43. The van der Waals surface area contributed by atoms with E-state index in [-0.39, 0.29) is 16.8 Å². The third-order valence-electron chi connectivity index (χ3n) is 3.43. The first-order valence-corrected chi connectivity index (χ1v) is 8.07. The molecule has 1 N–H and O–H groups in total. The minimum atomic E-state index is -3.22. The van der Waals surface area contributed by atoms with Gasteiger partial charge in [-0.3, -0.25) is 4.79 Å². The Kier molecular flexibility index (Phi) is 3.91. The van der Waals surface area contributed by atoms with E-state index < -0.39 is 9.84 Å². The summed E-state index contributed by atoms with van der Waals surface area (Å²) in [5, 5.41) is 3.22. The zero-order valence-electron chi connectivity index (χ0n) is 11.1. The maximum Gasteiger partial charge on any atom is 0.253 e. The fraction of sp³-hybridized carbons (Fsp3) is 0.462. The Morgan fingerprint density at radius 1 is 1.32 bits per heavy atom. The number of amides is 1. The molecule has 1 amide bonds. The van der Waals surface area contributed by atoms with Gasteiger partial charge in [0.15, 0.2) is 9.84 Å². The van der Waals surface area contributed by atoms with E-state index in [0.29, 0.717) is 5.56 Å². The van der Waals surface area contributed by atoms with Crippen LogP contribution in [0.5, 0.6) is 0 Å². The molecule has 2 rings (SSSR count). The molecule has 5 nitrogen and oxygen atoms in total. The van der Waals surface area contributed by atoms with E-state index in [9.17, 15) is 13.2 Å². The van der Waals surface area contributed by atoms with E-state index in [4.69, 9.17) is 0 Å². The monoisotopic (exact) mass is 282 g/mol. The van der Waals surface area contributed by atoms with Gasteiger partial charge in [0.25, 0.3) is 5.91 Å². The van der Waals surface area contributed by atoms with Crippen LogP contribution in [-0.2, 0) is 9.84 Å². The highest BCUT2D eigenvalue weighted by molar-refractivity contribution is 7.90. The maximum atomic E-state index is 12.2. The molecule has 1 aromatic rings. The van der Waals surface area contributed by atoms with Gasteiger partial charge in [0.05, 0.1) is 4.90 Å². The number of sulfone groups is 1. The second-order valence-electron chi connectivity index (χ2n) is 4.86. The standard InChI is InChI=1S/C13H18N2O3S/c1-15(11-7-8-14-9-11)13(16)10-3-5-12(6-4-10)19(2,17)18/h3-6,11,14H,7-9H2,1-2H3. The van der Waals surface area contributed by atoms with E-state index >= 15 is 0 Å². The van der Waals surface area contributed by atoms with Crippen LogP contribution in [0.25, 0.3) is 0 Å². The molecule has 1 aliphatic heterocycles. The Balaban J connectivity index is 2.15. The van der Waals surface area contributed by atoms with Crippen molar-refractivity contribution in [3.05, 3.63) is 29.8 Å². The summed E-state index contributed by atoms with van der Waals surface area (Å²) in [6.07, 6.45) is 2.10. The predicted molar refractivity (Wildman–Crippen MR) is 72.9 cm³/mol. The number of nitrogens with zero attached hydrogens (tertiary/aromatic N) is 1. The lowest BCUT2D eigenvalue weighted by Crippen LogP contribution is -2.38. The van der Waals surface area contributed by atoms with Gasteiger partial charge in [0.1, 0.15) is 0 Å². The molecular weight excluding hydrogens is 264 g/mol. The van der Waals surface area contributed by atoms with Crippen molar-refractivity contribution in [2.75, 3.05) is 26.4 Å². The van der Waals surface area contributed by atoms with Crippen LogP contribution in [0.1, 0.15) is 16.8 Å². The number of hydrogen-bond donors (Lipinski definition) is 1. The minimum Gasteiger partial charge on any atom is -0.337 e. The molecule has 1 aliphatic rings. The summed E-state index contributed by atoms with van der Waals surface area (Å²) in [6.45, 7) is 1.74. The molecular formula is C13H18N2O3S. The van der Waals surface area contributed by atoms with E-state index in [1.807, 2.05) is 0 Å². The quantitative estimate of drug-likeness (QED) is 0.878. The fourth-order valence-electron chi connectivity index (χ4n) is 2.18. The highest BCUT2D eigenvalue weighted by Crippen LogP contribution is 2.14. The molecule has 0 aliphatic carbocycles. The first-order chi connectivity index (χ1) is 8.89. The van der Waals surface area contributed by atoms with Crippen LogP contribution in [0.2, 0.25) is 0 Å². The van der Waals surface area contributed by atoms with Crippen LogP contribution in [0.4, 0.5) is 0 Å². The average molecular weight is 282 g/mol. The number of nitrogens with one attached hydrogen (secondary N) is 1. The van der Waals surface area contributed by atoms with Gasteiger partial charge < -0.3 is 10.2 Å². The van der Waals surface area contributed by atoms with Crippen molar-refractivity contribution in [3.63, 3.8) is 0 Å². The molecule has 1 atom stereocenters. The first kappa shape index (κ1) is 14.0. The minimum absolute atomic E-state index is 0.0752. The lowest BCUT2D eigenvalue weighted by Gasteiger charge is -2.23. The Morgan fingerprint density at radius 3 is 2.42 bits per heavy atom. The van der Waals surface area contributed by atoms with Crippen molar-refractivity contribution in [2.45, 2.75) is 17.4 Å². The van der Waals surface area contributed by atoms with Crippen LogP contribution >= 0.6 is 0 Å². The van der Waals surface area contributed by atoms with Gasteiger partial charge in [-0.1, -0.05) is 0 Å². The largest absolute Gasteiger partial charge is 0.337 e. The molecule has 6 heteroatoms. The lowest BCUT2D eigenvalue weighted by atomic mass is 10.1. The molecule has 1 aromatic carbocycles. The van der Waals surface area contributed by atoms with Crippen molar-refractivity contribution in [3.8, 4) is 0 Å². The van der Waals surface area contributed by atoms with Gasteiger partial charge in [-0.25, -0.2) is 8.42 Å². The van der Waals surface area contributed by atoms with E-state index in [0.717, 1.165) is 25.8 Å². The maximum absolute atomic E-state index is 12.2. The number of rotatable bonds is 3. The van der Waals surface area contributed by atoms with Crippen LogP contribution in [0.3, 0.4) is 0 Å². The van der Waals surface area contributed by atoms with Crippen molar-refractivity contribution in [1.29, 1.82) is 0 Å². The zero-order valence-corrected chi connectivity index (χ0v) is 11.9. The first-order valence-electron chi connectivity index (χ1n) is 6.17. The Morgan fingerprint density at radius 2 is 1.95 bits per heavy atom. The molecule has 1 unspecified atom stereocenters. The third-order valence-corrected chi connectivity index (χ3v) is 4.56. The molecule has 0 spiro atoms. The second-order valence-corrected chi connectivity index (χ2v) is 6.87. The summed E-state index contributed by atoms with van der Waals surface area (Å²) in [6, 6.07) is 6.30. The van der Waals surface area contributed by atoms with Gasteiger partial charge in [-0.05, 0) is 37.2 Å². The SMILES string of the molecule is CN(C(=O)c1ccc(S(C)(=O)=O)cc1)C1CCNC1. The van der Waals surface area contributed by atoms with Crippen LogP contribution in [0, 0.1) is 0 Å². The van der Waals surface area contributed by atoms with E-state index in [1.54, 1.807) is 24.1 Å². The van der Waals surface area contributed by atoms with Gasteiger partial charge in [0, 0.05) is 31.5 Å². The Hall–Kier alpha value is -1.40. The highest BCUT2D eigenvalue weighted by atomic mass is 32.2. The smallest absolute Gasteiger partial charge is 0.253 e. The normalized spacial score (nSPS) is 19.4. The molecule has 1 saturated heterocycles. The number of carbonyl (C=O) groups excluding carboxylic acids is 1. The van der Waals surface area contributed by atoms with Gasteiger partial charge in [-0.2, -0.15) is 0 Å². The molecule has 0 aromatic heterocycles. The molecule has 0 radical (unpaired) electrons. The number of likely N-dealkylation sites (N-methyl/N-ethyl adjacent to an activating group) is 1. The third kappa shape index (κ3) is 3.13. The Labute approximate surface area is 113 Å². The van der Waals surface area contributed by atoms with E-state index in [2.05, 4.69) is 5.32 Å². The van der Waals surface area contributed by atoms with Gasteiger partial charge in [0.2, 0.25) is 0 Å².